The van der Waals surface area contributed by atoms with Crippen LogP contribution in [-0.4, -0.2) is 71.0 Å². The summed E-state index contributed by atoms with van der Waals surface area (Å²) < 4.78 is 0. The number of amides is 2. The maximum Gasteiger partial charge on any atom is 0.327 e. The van der Waals surface area contributed by atoms with Crippen LogP contribution in [0.1, 0.15) is 36.0 Å². The third-order valence-electron chi connectivity index (χ3n) is 6.19. The monoisotopic (exact) mass is 409 g/mol. The van der Waals surface area contributed by atoms with Gasteiger partial charge in [0.25, 0.3) is 5.91 Å². The van der Waals surface area contributed by atoms with Crippen LogP contribution < -0.4 is 5.32 Å². The maximum atomic E-state index is 13.4. The van der Waals surface area contributed by atoms with Crippen molar-refractivity contribution >= 4 is 28.6 Å². The number of fused-ring (bicyclic) bond motifs is 2. The highest BCUT2D eigenvalue weighted by atomic mass is 16.4. The van der Waals surface area contributed by atoms with E-state index < -0.39 is 18.1 Å². The molecule has 7 nitrogen and oxygen atoms in total. The Morgan fingerprint density at radius 1 is 1.03 bits per heavy atom. The molecule has 2 N–H and O–H groups in total. The lowest BCUT2D eigenvalue weighted by atomic mass is 9.93. The van der Waals surface area contributed by atoms with Gasteiger partial charge in [-0.15, -0.1) is 0 Å². The first-order valence-corrected chi connectivity index (χ1v) is 10.5. The predicted molar refractivity (Wildman–Crippen MR) is 113 cm³/mol. The molecule has 2 fully saturated rings. The van der Waals surface area contributed by atoms with Crippen LogP contribution in [0.15, 0.2) is 42.5 Å². The Morgan fingerprint density at radius 3 is 2.57 bits per heavy atom. The minimum absolute atomic E-state index is 0.144. The molecule has 2 saturated heterocycles. The first kappa shape index (κ1) is 20.3. The average molecular weight is 409 g/mol. The Balaban J connectivity index is 1.60. The summed E-state index contributed by atoms with van der Waals surface area (Å²) in [4.78, 5) is 41.9. The number of aliphatic carboxylic acids is 1. The van der Waals surface area contributed by atoms with Crippen molar-refractivity contribution in [1.82, 2.24) is 15.1 Å². The number of nitrogens with zero attached hydrogens (tertiary/aromatic N) is 2. The van der Waals surface area contributed by atoms with E-state index >= 15 is 0 Å². The van der Waals surface area contributed by atoms with E-state index in [-0.39, 0.29) is 17.9 Å². The molecule has 0 radical (unpaired) electrons. The third-order valence-corrected chi connectivity index (χ3v) is 6.19. The Hall–Kier alpha value is -2.93. The van der Waals surface area contributed by atoms with Crippen LogP contribution in [-0.2, 0) is 9.59 Å². The number of carboxylic acids is 1. The van der Waals surface area contributed by atoms with Crippen molar-refractivity contribution < 1.29 is 19.5 Å². The van der Waals surface area contributed by atoms with Gasteiger partial charge >= 0.3 is 5.97 Å². The fourth-order valence-corrected chi connectivity index (χ4v) is 4.75. The summed E-state index contributed by atoms with van der Waals surface area (Å²) in [6, 6.07) is 11.4. The van der Waals surface area contributed by atoms with Crippen molar-refractivity contribution in [3.63, 3.8) is 0 Å². The van der Waals surface area contributed by atoms with E-state index in [2.05, 4.69) is 5.32 Å². The summed E-state index contributed by atoms with van der Waals surface area (Å²) in [5, 5.41) is 14.4. The quantitative estimate of drug-likeness (QED) is 0.810. The minimum Gasteiger partial charge on any atom is -0.480 e. The molecule has 2 heterocycles. The number of piperazine rings is 1. The summed E-state index contributed by atoms with van der Waals surface area (Å²) >= 11 is 0. The van der Waals surface area contributed by atoms with Crippen molar-refractivity contribution in [2.75, 3.05) is 20.1 Å². The first-order valence-electron chi connectivity index (χ1n) is 10.5. The van der Waals surface area contributed by atoms with Gasteiger partial charge in [-0.1, -0.05) is 49.2 Å². The van der Waals surface area contributed by atoms with Gasteiger partial charge in [-0.25, -0.2) is 4.79 Å². The van der Waals surface area contributed by atoms with Gasteiger partial charge in [0.15, 0.2) is 0 Å². The lowest BCUT2D eigenvalue weighted by molar-refractivity contribution is -0.158. The van der Waals surface area contributed by atoms with Gasteiger partial charge in [-0.2, -0.15) is 0 Å². The van der Waals surface area contributed by atoms with Crippen LogP contribution in [0, 0.1) is 0 Å². The van der Waals surface area contributed by atoms with Crippen LogP contribution in [0.4, 0.5) is 0 Å². The number of carboxylic acid groups (broad SMARTS) is 1. The molecule has 0 saturated carbocycles. The molecule has 0 spiro atoms. The Kier molecular flexibility index (Phi) is 5.72. The number of likely N-dealkylation sites (N-methyl/N-ethyl adjacent to an activating group) is 1. The molecule has 4 rings (SSSR count). The fraction of sp³-hybridized carbons (Fsp3) is 0.435. The van der Waals surface area contributed by atoms with Gasteiger partial charge in [0.1, 0.15) is 12.1 Å². The zero-order valence-electron chi connectivity index (χ0n) is 17.1. The molecule has 7 heteroatoms. The third kappa shape index (κ3) is 3.89. The summed E-state index contributed by atoms with van der Waals surface area (Å²) in [7, 11) is 1.89. The highest BCUT2D eigenvalue weighted by Gasteiger charge is 2.43. The second-order valence-electron chi connectivity index (χ2n) is 8.31. The Bertz CT molecular complexity index is 971. The first-order chi connectivity index (χ1) is 14.5. The standard InChI is InChI=1S/C23H27N3O4/c1-25-13-16-9-3-5-12-19(22(28)26(16)20(14-25)23(29)30)24-21(27)18-11-6-8-15-7-2-4-10-17(15)18/h2,4,6-8,10-11,16,19-20H,3,5,9,12-14H2,1H3,(H,24,27)(H,29,30)/t16-,19-,20-/m0/s1. The molecular formula is C23H27N3O4. The SMILES string of the molecule is CN1C[C@@H]2CCCC[C@H](NC(=O)c3cccc4ccccc34)C(=O)N2[C@H](C(=O)O)C1. The molecule has 2 aromatic carbocycles. The molecule has 158 valence electrons. The smallest absolute Gasteiger partial charge is 0.327 e. The second kappa shape index (κ2) is 8.44. The number of carbonyl (C=O) groups excluding carboxylic acids is 2. The largest absolute Gasteiger partial charge is 0.480 e. The van der Waals surface area contributed by atoms with Gasteiger partial charge in [0.2, 0.25) is 5.91 Å². The predicted octanol–water partition coefficient (Wildman–Crippen LogP) is 2.11. The van der Waals surface area contributed by atoms with Crippen LogP contribution in [0.2, 0.25) is 0 Å². The number of benzene rings is 2. The lowest BCUT2D eigenvalue weighted by Crippen LogP contribution is -2.65. The van der Waals surface area contributed by atoms with E-state index in [4.69, 9.17) is 0 Å². The molecule has 0 aliphatic carbocycles. The van der Waals surface area contributed by atoms with Crippen LogP contribution in [0.25, 0.3) is 10.8 Å². The highest BCUT2D eigenvalue weighted by Crippen LogP contribution is 2.26. The molecule has 3 atom stereocenters. The molecule has 2 aliphatic heterocycles. The van der Waals surface area contributed by atoms with E-state index in [1.165, 1.54) is 4.90 Å². The minimum atomic E-state index is -1.00. The van der Waals surface area contributed by atoms with Gasteiger partial charge in [-0.05, 0) is 36.7 Å². The summed E-state index contributed by atoms with van der Waals surface area (Å²) in [5.41, 5.74) is 0.521. The molecule has 2 aliphatic rings. The molecule has 0 bridgehead atoms. The van der Waals surface area contributed by atoms with E-state index in [1.54, 1.807) is 6.07 Å². The average Bonchev–Trinajstić information content (AvgIpc) is 2.73. The summed E-state index contributed by atoms with van der Waals surface area (Å²) in [6.07, 6.45) is 3.01. The summed E-state index contributed by atoms with van der Waals surface area (Å²) in [5.74, 6) is -1.59. The van der Waals surface area contributed by atoms with Gasteiger partial charge in [0.05, 0.1) is 0 Å². The van der Waals surface area contributed by atoms with E-state index in [0.717, 1.165) is 30.0 Å². The molecular weight excluding hydrogens is 382 g/mol. The molecule has 0 unspecified atom stereocenters. The number of rotatable bonds is 3. The van der Waals surface area contributed by atoms with E-state index in [0.29, 0.717) is 25.1 Å². The van der Waals surface area contributed by atoms with Crippen molar-refractivity contribution in [3.8, 4) is 0 Å². The van der Waals surface area contributed by atoms with E-state index in [1.807, 2.05) is 48.3 Å². The zero-order chi connectivity index (χ0) is 21.3. The van der Waals surface area contributed by atoms with Crippen LogP contribution >= 0.6 is 0 Å². The highest BCUT2D eigenvalue weighted by molar-refractivity contribution is 6.08. The van der Waals surface area contributed by atoms with E-state index in [9.17, 15) is 19.5 Å². The normalized spacial score (nSPS) is 25.3. The zero-order valence-corrected chi connectivity index (χ0v) is 17.1. The van der Waals surface area contributed by atoms with Crippen molar-refractivity contribution in [1.29, 1.82) is 0 Å². The molecule has 0 aromatic heterocycles. The number of hydrogen-bond donors (Lipinski definition) is 2. The van der Waals surface area contributed by atoms with Crippen molar-refractivity contribution in [2.24, 2.45) is 0 Å². The van der Waals surface area contributed by atoms with Crippen molar-refractivity contribution in [2.45, 2.75) is 43.8 Å². The number of nitrogens with one attached hydrogen (secondary N) is 1. The maximum absolute atomic E-state index is 13.4. The van der Waals surface area contributed by atoms with Crippen LogP contribution in [0.3, 0.4) is 0 Å². The Morgan fingerprint density at radius 2 is 1.77 bits per heavy atom. The molecule has 30 heavy (non-hydrogen) atoms. The van der Waals surface area contributed by atoms with Crippen LogP contribution in [0.5, 0.6) is 0 Å². The second-order valence-corrected chi connectivity index (χ2v) is 8.31. The van der Waals surface area contributed by atoms with Gasteiger partial charge in [0, 0.05) is 24.7 Å². The number of hydrogen-bond acceptors (Lipinski definition) is 4. The summed E-state index contributed by atoms with van der Waals surface area (Å²) in [6.45, 7) is 0.946. The van der Waals surface area contributed by atoms with Gasteiger partial charge < -0.3 is 20.2 Å². The fourth-order valence-electron chi connectivity index (χ4n) is 4.75. The van der Waals surface area contributed by atoms with Gasteiger partial charge in [-0.3, -0.25) is 9.59 Å². The number of carbonyl (C=O) groups is 3. The lowest BCUT2D eigenvalue weighted by Gasteiger charge is -2.46. The van der Waals surface area contributed by atoms with Crippen molar-refractivity contribution in [3.05, 3.63) is 48.0 Å². The Labute approximate surface area is 175 Å². The molecule has 2 aromatic rings. The molecule has 2 amide bonds. The topological polar surface area (TPSA) is 90.0 Å².